The lowest BCUT2D eigenvalue weighted by Gasteiger charge is -2.34. The van der Waals surface area contributed by atoms with Gasteiger partial charge in [-0.1, -0.05) is 0 Å². The summed E-state index contributed by atoms with van der Waals surface area (Å²) in [6.45, 7) is 10.9. The molecule has 6 nitrogen and oxygen atoms in total. The first-order chi connectivity index (χ1) is 9.48. The number of carbonyl (C=O) groups is 2. The first kappa shape index (κ1) is 17.5. The molecule has 0 spiro atoms. The van der Waals surface area contributed by atoms with Crippen molar-refractivity contribution in [2.24, 2.45) is 0 Å². The molecule has 1 aliphatic rings. The van der Waals surface area contributed by atoms with Gasteiger partial charge in [-0.25, -0.2) is 9.59 Å². The Kier molecular flexibility index (Phi) is 5.04. The molecule has 120 valence electrons. The van der Waals surface area contributed by atoms with E-state index in [0.717, 1.165) is 0 Å². The monoisotopic (exact) mass is 299 g/mol. The van der Waals surface area contributed by atoms with Gasteiger partial charge in [0, 0.05) is 5.57 Å². The lowest BCUT2D eigenvalue weighted by molar-refractivity contribution is -0.136. The number of rotatable bonds is 2. The lowest BCUT2D eigenvalue weighted by Crippen LogP contribution is -2.49. The van der Waals surface area contributed by atoms with Gasteiger partial charge in [-0.3, -0.25) is 4.90 Å². The van der Waals surface area contributed by atoms with Gasteiger partial charge in [-0.05, 0) is 47.6 Å². The van der Waals surface area contributed by atoms with Crippen molar-refractivity contribution in [1.82, 2.24) is 4.90 Å². The van der Waals surface area contributed by atoms with Crippen LogP contribution in [0.15, 0.2) is 11.6 Å². The standard InChI is InChI=1S/C15H25NO5/c1-10(12(17)19-7)8-11-9-20-15(5,6)16(11)13(18)21-14(2,3)4/h8,11H,9H2,1-7H3/b10-8+/t11-/m1/s1. The average Bonchev–Trinajstić information content (AvgIpc) is 2.61. The molecule has 0 bridgehead atoms. The van der Waals surface area contributed by atoms with Gasteiger partial charge in [0.15, 0.2) is 0 Å². The van der Waals surface area contributed by atoms with Crippen LogP contribution in [0, 0.1) is 0 Å². The predicted molar refractivity (Wildman–Crippen MR) is 77.7 cm³/mol. The summed E-state index contributed by atoms with van der Waals surface area (Å²) in [4.78, 5) is 25.4. The average molecular weight is 299 g/mol. The van der Waals surface area contributed by atoms with E-state index >= 15 is 0 Å². The SMILES string of the molecule is COC(=O)/C(C)=C/[C@@H]1COC(C)(C)N1C(=O)OC(C)(C)C. The molecule has 1 saturated heterocycles. The summed E-state index contributed by atoms with van der Waals surface area (Å²) in [5.74, 6) is -0.427. The van der Waals surface area contributed by atoms with Crippen molar-refractivity contribution >= 4 is 12.1 Å². The Balaban J connectivity index is 3.00. The fourth-order valence-electron chi connectivity index (χ4n) is 2.14. The number of esters is 1. The van der Waals surface area contributed by atoms with Gasteiger partial charge in [0.25, 0.3) is 0 Å². The van der Waals surface area contributed by atoms with Gasteiger partial charge in [0.05, 0.1) is 19.8 Å². The fourth-order valence-corrected chi connectivity index (χ4v) is 2.14. The van der Waals surface area contributed by atoms with Gasteiger partial charge in [-0.15, -0.1) is 0 Å². The quantitative estimate of drug-likeness (QED) is 0.579. The Morgan fingerprint density at radius 3 is 2.38 bits per heavy atom. The molecule has 0 saturated carbocycles. The minimum absolute atomic E-state index is 0.306. The minimum atomic E-state index is -0.792. The Morgan fingerprint density at radius 2 is 1.90 bits per heavy atom. The second-order valence-electron chi connectivity index (χ2n) is 6.52. The van der Waals surface area contributed by atoms with Crippen molar-refractivity contribution < 1.29 is 23.8 Å². The smallest absolute Gasteiger partial charge is 0.413 e. The molecular formula is C15H25NO5. The highest BCUT2D eigenvalue weighted by Crippen LogP contribution is 2.30. The molecule has 1 amide bonds. The van der Waals surface area contributed by atoms with Gasteiger partial charge >= 0.3 is 12.1 Å². The number of amides is 1. The van der Waals surface area contributed by atoms with Crippen LogP contribution in [0.25, 0.3) is 0 Å². The van der Waals surface area contributed by atoms with Crippen molar-refractivity contribution in [3.63, 3.8) is 0 Å². The molecule has 0 aliphatic carbocycles. The maximum Gasteiger partial charge on any atom is 0.413 e. The van der Waals surface area contributed by atoms with Gasteiger partial charge in [0.2, 0.25) is 0 Å². The molecule has 0 unspecified atom stereocenters. The van der Waals surface area contributed by atoms with Crippen LogP contribution < -0.4 is 0 Å². The third-order valence-corrected chi connectivity index (χ3v) is 3.06. The van der Waals surface area contributed by atoms with E-state index in [1.54, 1.807) is 47.6 Å². The van der Waals surface area contributed by atoms with Gasteiger partial charge in [-0.2, -0.15) is 0 Å². The molecule has 0 radical (unpaired) electrons. The predicted octanol–water partition coefficient (Wildman–Crippen LogP) is 2.48. The van der Waals surface area contributed by atoms with Crippen LogP contribution in [-0.4, -0.2) is 48.0 Å². The number of carbonyl (C=O) groups excluding carboxylic acids is 2. The number of hydrogen-bond acceptors (Lipinski definition) is 5. The summed E-state index contributed by atoms with van der Waals surface area (Å²) in [5, 5.41) is 0. The second kappa shape index (κ2) is 6.05. The van der Waals surface area contributed by atoms with Crippen molar-refractivity contribution in [2.75, 3.05) is 13.7 Å². The van der Waals surface area contributed by atoms with E-state index in [4.69, 9.17) is 9.47 Å². The molecule has 21 heavy (non-hydrogen) atoms. The number of hydrogen-bond donors (Lipinski definition) is 0. The van der Waals surface area contributed by atoms with Crippen LogP contribution in [0.2, 0.25) is 0 Å². The molecular weight excluding hydrogens is 274 g/mol. The van der Waals surface area contributed by atoms with Gasteiger partial charge in [0.1, 0.15) is 11.3 Å². The highest BCUT2D eigenvalue weighted by Gasteiger charge is 2.45. The molecule has 1 aliphatic heterocycles. The van der Waals surface area contributed by atoms with E-state index in [1.807, 2.05) is 0 Å². The molecule has 0 aromatic carbocycles. The molecule has 1 rings (SSSR count). The zero-order valence-electron chi connectivity index (χ0n) is 13.9. The molecule has 0 aromatic heterocycles. The highest BCUT2D eigenvalue weighted by molar-refractivity contribution is 5.87. The van der Waals surface area contributed by atoms with Crippen LogP contribution in [0.1, 0.15) is 41.5 Å². The highest BCUT2D eigenvalue weighted by atomic mass is 16.6. The Morgan fingerprint density at radius 1 is 1.33 bits per heavy atom. The zero-order chi connectivity index (χ0) is 16.4. The minimum Gasteiger partial charge on any atom is -0.466 e. The van der Waals surface area contributed by atoms with E-state index in [1.165, 1.54) is 12.0 Å². The summed E-state index contributed by atoms with van der Waals surface area (Å²) in [6, 6.07) is -0.367. The van der Waals surface area contributed by atoms with E-state index in [-0.39, 0.29) is 6.04 Å². The number of nitrogens with zero attached hydrogens (tertiary/aromatic N) is 1. The van der Waals surface area contributed by atoms with Crippen molar-refractivity contribution in [3.05, 3.63) is 11.6 Å². The van der Waals surface area contributed by atoms with Crippen molar-refractivity contribution in [3.8, 4) is 0 Å². The van der Waals surface area contributed by atoms with E-state index in [0.29, 0.717) is 12.2 Å². The number of ether oxygens (including phenoxy) is 3. The summed E-state index contributed by atoms with van der Waals surface area (Å²) in [6.07, 6.45) is 1.20. The van der Waals surface area contributed by atoms with E-state index < -0.39 is 23.4 Å². The molecule has 1 atom stereocenters. The first-order valence-electron chi connectivity index (χ1n) is 6.91. The van der Waals surface area contributed by atoms with Crippen LogP contribution in [-0.2, 0) is 19.0 Å². The normalized spacial score (nSPS) is 22.1. The van der Waals surface area contributed by atoms with Crippen molar-refractivity contribution in [1.29, 1.82) is 0 Å². The van der Waals surface area contributed by atoms with Crippen molar-refractivity contribution in [2.45, 2.75) is 58.9 Å². The summed E-state index contributed by atoms with van der Waals surface area (Å²) in [5.41, 5.74) is -0.959. The molecule has 0 N–H and O–H groups in total. The summed E-state index contributed by atoms with van der Waals surface area (Å²) in [7, 11) is 1.32. The summed E-state index contributed by atoms with van der Waals surface area (Å²) >= 11 is 0. The molecule has 6 heteroatoms. The topological polar surface area (TPSA) is 65.1 Å². The largest absolute Gasteiger partial charge is 0.466 e. The maximum atomic E-state index is 12.4. The Bertz CT molecular complexity index is 447. The molecule has 0 aromatic rings. The molecule has 1 fully saturated rings. The number of methoxy groups -OCH3 is 1. The van der Waals surface area contributed by atoms with Crippen LogP contribution in [0.5, 0.6) is 0 Å². The first-order valence-corrected chi connectivity index (χ1v) is 6.91. The Hall–Kier alpha value is -1.56. The third-order valence-electron chi connectivity index (χ3n) is 3.06. The van der Waals surface area contributed by atoms with Crippen LogP contribution >= 0.6 is 0 Å². The van der Waals surface area contributed by atoms with E-state index in [2.05, 4.69) is 4.74 Å². The lowest BCUT2D eigenvalue weighted by atomic mass is 10.1. The third kappa shape index (κ3) is 4.46. The van der Waals surface area contributed by atoms with E-state index in [9.17, 15) is 9.59 Å². The van der Waals surface area contributed by atoms with Gasteiger partial charge < -0.3 is 14.2 Å². The van der Waals surface area contributed by atoms with Crippen LogP contribution in [0.4, 0.5) is 4.79 Å². The second-order valence-corrected chi connectivity index (χ2v) is 6.52. The Labute approximate surface area is 126 Å². The zero-order valence-corrected chi connectivity index (χ0v) is 13.9. The maximum absolute atomic E-state index is 12.4. The summed E-state index contributed by atoms with van der Waals surface area (Å²) < 4.78 is 15.7. The molecule has 1 heterocycles. The fraction of sp³-hybridized carbons (Fsp3) is 0.733. The van der Waals surface area contributed by atoms with Crippen LogP contribution in [0.3, 0.4) is 0 Å².